The van der Waals surface area contributed by atoms with Crippen molar-refractivity contribution in [2.75, 3.05) is 5.32 Å². The number of aryl methyl sites for hydroxylation is 1. The summed E-state index contributed by atoms with van der Waals surface area (Å²) in [7, 11) is 0. The average molecular weight is 148 g/mol. The number of benzene rings is 1. The van der Waals surface area contributed by atoms with Gasteiger partial charge in [0.25, 0.3) is 0 Å². The summed E-state index contributed by atoms with van der Waals surface area (Å²) in [6.07, 6.45) is 0. The topological polar surface area (TPSA) is 29.1 Å². The smallest absolute Gasteiger partial charge is 0.221 e. The van der Waals surface area contributed by atoms with Crippen molar-refractivity contribution in [1.82, 2.24) is 0 Å². The van der Waals surface area contributed by atoms with Gasteiger partial charge in [-0.1, -0.05) is 12.1 Å². The van der Waals surface area contributed by atoms with Crippen molar-refractivity contribution in [1.29, 1.82) is 0 Å². The van der Waals surface area contributed by atoms with E-state index in [2.05, 4.69) is 11.4 Å². The zero-order valence-electron chi connectivity index (χ0n) is 6.64. The molecule has 0 atom stereocenters. The standard InChI is InChI=1S/C9H10NO/c1-7-4-3-5-9(6-7)10-8(2)11/h3-4,6H,1-2H3,(H,10,11). The summed E-state index contributed by atoms with van der Waals surface area (Å²) in [6.45, 7) is 3.45. The van der Waals surface area contributed by atoms with Crippen molar-refractivity contribution < 1.29 is 4.79 Å². The third-order valence-corrected chi connectivity index (χ3v) is 1.27. The van der Waals surface area contributed by atoms with Gasteiger partial charge in [0.2, 0.25) is 5.91 Å². The van der Waals surface area contributed by atoms with Gasteiger partial charge in [0, 0.05) is 18.7 Å². The number of hydrogen-bond donors (Lipinski definition) is 1. The van der Waals surface area contributed by atoms with E-state index in [9.17, 15) is 4.79 Å². The number of anilines is 1. The van der Waals surface area contributed by atoms with Crippen LogP contribution in [0.4, 0.5) is 5.69 Å². The minimum absolute atomic E-state index is 0.0631. The number of nitrogens with one attached hydrogen (secondary N) is 1. The highest BCUT2D eigenvalue weighted by molar-refractivity contribution is 5.88. The van der Waals surface area contributed by atoms with Crippen LogP contribution in [0.15, 0.2) is 18.2 Å². The molecule has 0 heterocycles. The molecule has 0 aliphatic rings. The average Bonchev–Trinajstić information content (AvgIpc) is 1.85. The highest BCUT2D eigenvalue weighted by Crippen LogP contribution is 2.07. The monoisotopic (exact) mass is 148 g/mol. The normalized spacial score (nSPS) is 9.27. The predicted octanol–water partition coefficient (Wildman–Crippen LogP) is 1.75. The summed E-state index contributed by atoms with van der Waals surface area (Å²) >= 11 is 0. The summed E-state index contributed by atoms with van der Waals surface area (Å²) < 4.78 is 0. The third-order valence-electron chi connectivity index (χ3n) is 1.27. The van der Waals surface area contributed by atoms with Crippen LogP contribution in [0, 0.1) is 13.0 Å². The highest BCUT2D eigenvalue weighted by Gasteiger charge is 1.93. The van der Waals surface area contributed by atoms with Gasteiger partial charge >= 0.3 is 0 Å². The zero-order chi connectivity index (χ0) is 8.27. The molecule has 0 bridgehead atoms. The lowest BCUT2D eigenvalue weighted by molar-refractivity contribution is -0.114. The van der Waals surface area contributed by atoms with E-state index in [1.807, 2.05) is 19.1 Å². The lowest BCUT2D eigenvalue weighted by Gasteiger charge is -2.00. The van der Waals surface area contributed by atoms with E-state index in [0.717, 1.165) is 11.3 Å². The molecule has 1 N–H and O–H groups in total. The Bertz CT molecular complexity index is 268. The van der Waals surface area contributed by atoms with Crippen LogP contribution in [0.2, 0.25) is 0 Å². The molecule has 0 aliphatic heterocycles. The maximum absolute atomic E-state index is 10.6. The Kier molecular flexibility index (Phi) is 2.26. The molecule has 57 valence electrons. The first kappa shape index (κ1) is 7.79. The molecule has 0 unspecified atom stereocenters. The molecule has 0 spiro atoms. The number of carbonyl (C=O) groups excluding carboxylic acids is 1. The van der Waals surface area contributed by atoms with Gasteiger partial charge in [-0.25, -0.2) is 0 Å². The minimum Gasteiger partial charge on any atom is -0.326 e. The Morgan fingerprint density at radius 3 is 2.91 bits per heavy atom. The van der Waals surface area contributed by atoms with E-state index in [-0.39, 0.29) is 5.91 Å². The van der Waals surface area contributed by atoms with Crippen molar-refractivity contribution in [3.05, 3.63) is 29.8 Å². The number of hydrogen-bond acceptors (Lipinski definition) is 1. The van der Waals surface area contributed by atoms with Crippen molar-refractivity contribution in [3.8, 4) is 0 Å². The largest absolute Gasteiger partial charge is 0.326 e. The first-order chi connectivity index (χ1) is 5.18. The summed E-state index contributed by atoms with van der Waals surface area (Å²) in [5, 5.41) is 2.65. The predicted molar refractivity (Wildman–Crippen MR) is 44.3 cm³/mol. The fourth-order valence-electron chi connectivity index (χ4n) is 0.842. The van der Waals surface area contributed by atoms with Gasteiger partial charge in [0.1, 0.15) is 0 Å². The van der Waals surface area contributed by atoms with Gasteiger partial charge in [-0.05, 0) is 18.6 Å². The molecule has 0 fully saturated rings. The molecular weight excluding hydrogens is 138 g/mol. The Morgan fingerprint density at radius 2 is 2.36 bits per heavy atom. The first-order valence-corrected chi connectivity index (χ1v) is 3.44. The SMILES string of the molecule is CC(=O)Nc1[c]ccc(C)c1. The molecule has 1 radical (unpaired) electrons. The fraction of sp³-hybridized carbons (Fsp3) is 0.222. The summed E-state index contributed by atoms with van der Waals surface area (Å²) in [4.78, 5) is 10.6. The van der Waals surface area contributed by atoms with Crippen molar-refractivity contribution >= 4 is 11.6 Å². The van der Waals surface area contributed by atoms with Crippen LogP contribution < -0.4 is 5.32 Å². The third kappa shape index (κ3) is 2.42. The second-order valence-electron chi connectivity index (χ2n) is 2.46. The second-order valence-corrected chi connectivity index (χ2v) is 2.46. The van der Waals surface area contributed by atoms with Crippen LogP contribution in [0.5, 0.6) is 0 Å². The zero-order valence-corrected chi connectivity index (χ0v) is 6.64. The van der Waals surface area contributed by atoms with E-state index in [1.54, 1.807) is 6.07 Å². The van der Waals surface area contributed by atoms with Gasteiger partial charge < -0.3 is 5.32 Å². The molecule has 0 saturated heterocycles. The van der Waals surface area contributed by atoms with E-state index < -0.39 is 0 Å². The summed E-state index contributed by atoms with van der Waals surface area (Å²) in [6, 6.07) is 8.51. The summed E-state index contributed by atoms with van der Waals surface area (Å²) in [5.41, 5.74) is 1.85. The lowest BCUT2D eigenvalue weighted by atomic mass is 10.2. The Morgan fingerprint density at radius 1 is 1.64 bits per heavy atom. The Balaban J connectivity index is 2.79. The molecule has 2 nitrogen and oxygen atoms in total. The maximum Gasteiger partial charge on any atom is 0.221 e. The molecule has 1 aromatic rings. The Labute approximate surface area is 66.2 Å². The molecule has 2 heteroatoms. The fourth-order valence-corrected chi connectivity index (χ4v) is 0.842. The molecular formula is C9H10NO. The van der Waals surface area contributed by atoms with Gasteiger partial charge in [-0.3, -0.25) is 4.79 Å². The van der Waals surface area contributed by atoms with Crippen LogP contribution in [0.25, 0.3) is 0 Å². The van der Waals surface area contributed by atoms with E-state index >= 15 is 0 Å². The van der Waals surface area contributed by atoms with Gasteiger partial charge in [0.05, 0.1) is 0 Å². The van der Waals surface area contributed by atoms with Crippen LogP contribution >= 0.6 is 0 Å². The van der Waals surface area contributed by atoms with Crippen LogP contribution in [0.1, 0.15) is 12.5 Å². The second kappa shape index (κ2) is 3.19. The lowest BCUT2D eigenvalue weighted by Crippen LogP contribution is -2.05. The van der Waals surface area contributed by atoms with Crippen molar-refractivity contribution in [3.63, 3.8) is 0 Å². The van der Waals surface area contributed by atoms with Gasteiger partial charge in [-0.15, -0.1) is 0 Å². The van der Waals surface area contributed by atoms with E-state index in [1.165, 1.54) is 6.92 Å². The summed E-state index contributed by atoms with van der Waals surface area (Å²) in [5.74, 6) is -0.0631. The quantitative estimate of drug-likeness (QED) is 0.646. The number of rotatable bonds is 1. The molecule has 1 rings (SSSR count). The molecule has 11 heavy (non-hydrogen) atoms. The van der Waals surface area contributed by atoms with E-state index in [4.69, 9.17) is 0 Å². The molecule has 0 saturated carbocycles. The van der Waals surface area contributed by atoms with Gasteiger partial charge in [0.15, 0.2) is 0 Å². The van der Waals surface area contributed by atoms with Crippen LogP contribution in [0.3, 0.4) is 0 Å². The first-order valence-electron chi connectivity index (χ1n) is 3.44. The molecule has 1 aromatic carbocycles. The molecule has 0 aliphatic carbocycles. The van der Waals surface area contributed by atoms with E-state index in [0.29, 0.717) is 0 Å². The van der Waals surface area contributed by atoms with Crippen LogP contribution in [-0.4, -0.2) is 5.91 Å². The minimum atomic E-state index is -0.0631. The van der Waals surface area contributed by atoms with Crippen molar-refractivity contribution in [2.24, 2.45) is 0 Å². The molecule has 0 aromatic heterocycles. The Hall–Kier alpha value is -1.31. The maximum atomic E-state index is 10.6. The number of amides is 1. The number of carbonyl (C=O) groups is 1. The molecule has 1 amide bonds. The highest BCUT2D eigenvalue weighted by atomic mass is 16.1. The van der Waals surface area contributed by atoms with Crippen LogP contribution in [-0.2, 0) is 4.79 Å². The van der Waals surface area contributed by atoms with Gasteiger partial charge in [-0.2, -0.15) is 0 Å². The van der Waals surface area contributed by atoms with Crippen molar-refractivity contribution in [2.45, 2.75) is 13.8 Å².